The molecule has 1 nitrogen and oxygen atoms in total. The molecule has 18 heavy (non-hydrogen) atoms. The molecule has 0 bridgehead atoms. The predicted octanol–water partition coefficient (Wildman–Crippen LogP) is 3.83. The number of hydrogen-bond donors (Lipinski definition) is 1. The highest BCUT2D eigenvalue weighted by Gasteiger charge is 2.34. The molecule has 1 fully saturated rings. The van der Waals surface area contributed by atoms with Crippen LogP contribution in [0.5, 0.6) is 0 Å². The van der Waals surface area contributed by atoms with Crippen molar-refractivity contribution in [3.8, 4) is 0 Å². The zero-order valence-electron chi connectivity index (χ0n) is 10.6. The fourth-order valence-corrected chi connectivity index (χ4v) is 3.45. The fraction of sp³-hybridized carbons (Fsp3) is 0.500. The molecule has 1 aliphatic heterocycles. The summed E-state index contributed by atoms with van der Waals surface area (Å²) in [5.74, 6) is 1.65. The van der Waals surface area contributed by atoms with Crippen molar-refractivity contribution in [1.29, 1.82) is 0 Å². The summed E-state index contributed by atoms with van der Waals surface area (Å²) in [6.45, 7) is 1.21. The Morgan fingerprint density at radius 2 is 2.06 bits per heavy atom. The molecule has 0 saturated carbocycles. The van der Waals surface area contributed by atoms with Gasteiger partial charge in [-0.15, -0.1) is 0 Å². The molecule has 0 aromatic heterocycles. The number of aryl methyl sites for hydroxylation is 1. The van der Waals surface area contributed by atoms with Crippen molar-refractivity contribution < 1.29 is 0 Å². The smallest absolute Gasteiger partial charge is 0.0406 e. The summed E-state index contributed by atoms with van der Waals surface area (Å²) in [6.07, 6.45) is 9.82. The van der Waals surface area contributed by atoms with E-state index in [1.54, 1.807) is 0 Å². The lowest BCUT2D eigenvalue weighted by molar-refractivity contribution is 0.388. The van der Waals surface area contributed by atoms with Gasteiger partial charge in [0.15, 0.2) is 0 Å². The van der Waals surface area contributed by atoms with E-state index >= 15 is 0 Å². The van der Waals surface area contributed by atoms with E-state index in [-0.39, 0.29) is 0 Å². The van der Waals surface area contributed by atoms with E-state index in [9.17, 15) is 0 Å². The van der Waals surface area contributed by atoms with Crippen molar-refractivity contribution in [3.63, 3.8) is 0 Å². The molecular formula is C16H20ClN. The Balaban J connectivity index is 1.58. The quantitative estimate of drug-likeness (QED) is 0.816. The second kappa shape index (κ2) is 5.46. The highest BCUT2D eigenvalue weighted by Crippen LogP contribution is 2.33. The van der Waals surface area contributed by atoms with Crippen molar-refractivity contribution in [2.24, 2.45) is 11.8 Å². The van der Waals surface area contributed by atoms with E-state index < -0.39 is 0 Å². The molecule has 1 aromatic rings. The van der Waals surface area contributed by atoms with Gasteiger partial charge in [0.25, 0.3) is 0 Å². The van der Waals surface area contributed by atoms with Gasteiger partial charge in [-0.05, 0) is 61.8 Å². The van der Waals surface area contributed by atoms with Gasteiger partial charge < -0.3 is 5.32 Å². The first-order valence-electron chi connectivity index (χ1n) is 6.97. The van der Waals surface area contributed by atoms with Crippen LogP contribution in [0.1, 0.15) is 24.8 Å². The molecule has 2 heteroatoms. The summed E-state index contributed by atoms with van der Waals surface area (Å²) >= 11 is 5.91. The van der Waals surface area contributed by atoms with E-state index in [0.717, 1.165) is 23.3 Å². The van der Waals surface area contributed by atoms with Gasteiger partial charge in [-0.1, -0.05) is 35.9 Å². The Morgan fingerprint density at radius 1 is 1.22 bits per heavy atom. The second-order valence-corrected chi connectivity index (χ2v) is 5.96. The van der Waals surface area contributed by atoms with Crippen LogP contribution in [0.3, 0.4) is 0 Å². The number of hydrogen-bond acceptors (Lipinski definition) is 1. The third-order valence-electron chi connectivity index (χ3n) is 4.37. The van der Waals surface area contributed by atoms with Crippen molar-refractivity contribution in [2.75, 3.05) is 6.54 Å². The van der Waals surface area contributed by atoms with Crippen LogP contribution in [-0.4, -0.2) is 12.6 Å². The first-order chi connectivity index (χ1) is 8.83. The van der Waals surface area contributed by atoms with Gasteiger partial charge in [-0.3, -0.25) is 0 Å². The van der Waals surface area contributed by atoms with Crippen molar-refractivity contribution in [1.82, 2.24) is 5.32 Å². The summed E-state index contributed by atoms with van der Waals surface area (Å²) in [6, 6.07) is 8.93. The largest absolute Gasteiger partial charge is 0.313 e. The van der Waals surface area contributed by atoms with E-state index in [0.29, 0.717) is 6.04 Å². The standard InChI is InChI=1S/C16H20ClN/c17-14-8-5-12(6-9-14)7-10-16-15-4-2-1-3-13(15)11-18-16/h2,4-6,8-9,13,15-16,18H,1,3,7,10-11H2/t13-,15?,16+/m0/s1. The van der Waals surface area contributed by atoms with Crippen LogP contribution in [0.4, 0.5) is 0 Å². The average molecular weight is 262 g/mol. The lowest BCUT2D eigenvalue weighted by atomic mass is 9.82. The molecule has 1 heterocycles. The molecule has 1 aliphatic carbocycles. The SMILES string of the molecule is Clc1ccc(CC[C@H]2NC[C@@H]3CCC=CC32)cc1. The lowest BCUT2D eigenvalue weighted by Gasteiger charge is -2.23. The second-order valence-electron chi connectivity index (χ2n) is 5.52. The molecule has 0 amide bonds. The first-order valence-corrected chi connectivity index (χ1v) is 7.35. The molecule has 3 atom stereocenters. The van der Waals surface area contributed by atoms with Crippen LogP contribution in [0.25, 0.3) is 0 Å². The monoisotopic (exact) mass is 261 g/mol. The maximum atomic E-state index is 5.91. The number of rotatable bonds is 3. The number of fused-ring (bicyclic) bond motifs is 1. The lowest BCUT2D eigenvalue weighted by Crippen LogP contribution is -2.27. The van der Waals surface area contributed by atoms with E-state index in [1.807, 2.05) is 12.1 Å². The Morgan fingerprint density at radius 3 is 2.89 bits per heavy atom. The number of nitrogens with one attached hydrogen (secondary N) is 1. The highest BCUT2D eigenvalue weighted by molar-refractivity contribution is 6.30. The van der Waals surface area contributed by atoms with Crippen LogP contribution in [0, 0.1) is 11.8 Å². The van der Waals surface area contributed by atoms with E-state index in [2.05, 4.69) is 29.6 Å². The van der Waals surface area contributed by atoms with Gasteiger partial charge in [0.2, 0.25) is 0 Å². The molecule has 2 aliphatic rings. The zero-order valence-corrected chi connectivity index (χ0v) is 11.4. The Kier molecular flexibility index (Phi) is 3.72. The minimum absolute atomic E-state index is 0.669. The van der Waals surface area contributed by atoms with Crippen molar-refractivity contribution in [3.05, 3.63) is 47.0 Å². The Hall–Kier alpha value is -0.790. The van der Waals surface area contributed by atoms with Gasteiger partial charge in [-0.25, -0.2) is 0 Å². The topological polar surface area (TPSA) is 12.0 Å². The minimum Gasteiger partial charge on any atom is -0.313 e. The molecule has 1 N–H and O–H groups in total. The third-order valence-corrected chi connectivity index (χ3v) is 4.62. The normalized spacial score (nSPS) is 30.4. The van der Waals surface area contributed by atoms with Crippen molar-refractivity contribution in [2.45, 2.75) is 31.7 Å². The fourth-order valence-electron chi connectivity index (χ4n) is 3.32. The minimum atomic E-state index is 0.669. The Labute approximate surface area is 114 Å². The molecular weight excluding hydrogens is 242 g/mol. The predicted molar refractivity (Wildman–Crippen MR) is 76.9 cm³/mol. The van der Waals surface area contributed by atoms with Crippen LogP contribution in [0.15, 0.2) is 36.4 Å². The summed E-state index contributed by atoms with van der Waals surface area (Å²) < 4.78 is 0. The number of halogens is 1. The van der Waals surface area contributed by atoms with Gasteiger partial charge in [-0.2, -0.15) is 0 Å². The molecule has 96 valence electrons. The van der Waals surface area contributed by atoms with Crippen LogP contribution >= 0.6 is 11.6 Å². The maximum Gasteiger partial charge on any atom is 0.0406 e. The molecule has 1 saturated heterocycles. The number of benzene rings is 1. The first kappa shape index (κ1) is 12.3. The third kappa shape index (κ3) is 2.62. The molecule has 1 aromatic carbocycles. The highest BCUT2D eigenvalue weighted by atomic mass is 35.5. The molecule has 0 spiro atoms. The van der Waals surface area contributed by atoms with Crippen molar-refractivity contribution >= 4 is 11.6 Å². The van der Waals surface area contributed by atoms with Crippen LogP contribution in [0.2, 0.25) is 5.02 Å². The van der Waals surface area contributed by atoms with E-state index in [4.69, 9.17) is 11.6 Å². The van der Waals surface area contributed by atoms with Gasteiger partial charge in [0.1, 0.15) is 0 Å². The summed E-state index contributed by atoms with van der Waals surface area (Å²) in [5, 5.41) is 4.53. The van der Waals surface area contributed by atoms with Crippen LogP contribution in [-0.2, 0) is 6.42 Å². The summed E-state index contributed by atoms with van der Waals surface area (Å²) in [5.41, 5.74) is 1.39. The molecule has 0 radical (unpaired) electrons. The Bertz CT molecular complexity index is 423. The zero-order chi connectivity index (χ0) is 12.4. The van der Waals surface area contributed by atoms with Crippen LogP contribution < -0.4 is 5.32 Å². The van der Waals surface area contributed by atoms with E-state index in [1.165, 1.54) is 31.4 Å². The molecule has 1 unspecified atom stereocenters. The van der Waals surface area contributed by atoms with Gasteiger partial charge in [0, 0.05) is 11.1 Å². The molecule has 3 rings (SSSR count). The number of allylic oxidation sites excluding steroid dienone is 1. The summed E-state index contributed by atoms with van der Waals surface area (Å²) in [4.78, 5) is 0. The summed E-state index contributed by atoms with van der Waals surface area (Å²) in [7, 11) is 0. The average Bonchev–Trinajstić information content (AvgIpc) is 2.82. The maximum absolute atomic E-state index is 5.91. The van der Waals surface area contributed by atoms with Gasteiger partial charge >= 0.3 is 0 Å². The van der Waals surface area contributed by atoms with Gasteiger partial charge in [0.05, 0.1) is 0 Å².